The van der Waals surface area contributed by atoms with Crippen molar-refractivity contribution in [1.29, 1.82) is 0 Å². The summed E-state index contributed by atoms with van der Waals surface area (Å²) in [5, 5.41) is 14.6. The van der Waals surface area contributed by atoms with E-state index < -0.39 is 4.92 Å². The Morgan fingerprint density at radius 1 is 1.22 bits per heavy atom. The number of amides is 1. The maximum atomic E-state index is 12.2. The van der Waals surface area contributed by atoms with Gasteiger partial charge < -0.3 is 10.1 Å². The normalized spacial score (nSPS) is 10.6. The number of carbonyl (C=O) groups excluding carboxylic acids is 1. The van der Waals surface area contributed by atoms with E-state index in [4.69, 9.17) is 4.74 Å². The summed E-state index contributed by atoms with van der Waals surface area (Å²) in [6.07, 6.45) is 2.35. The van der Waals surface area contributed by atoms with Gasteiger partial charge in [0.1, 0.15) is 11.3 Å². The maximum Gasteiger partial charge on any atom is 0.272 e. The number of aromatic nitrogens is 1. The largest absolute Gasteiger partial charge is 0.491 e. The molecule has 138 valence electrons. The van der Waals surface area contributed by atoms with Crippen molar-refractivity contribution < 1.29 is 14.5 Å². The summed E-state index contributed by atoms with van der Waals surface area (Å²) >= 11 is 0. The third-order valence-corrected chi connectivity index (χ3v) is 4.12. The number of carbonyl (C=O) groups is 1. The smallest absolute Gasteiger partial charge is 0.272 e. The molecule has 7 heteroatoms. The molecule has 3 aromatic rings. The Balaban J connectivity index is 1.49. The number of nitrogens with one attached hydrogen (secondary N) is 1. The molecular formula is C20H19N3O4. The van der Waals surface area contributed by atoms with Gasteiger partial charge in [0.05, 0.1) is 11.5 Å². The standard InChI is InChI=1S/C20H19N3O4/c1-14-13-16(8-9-17(14)23(25)26)20(24)22-11-4-12-27-18-7-2-5-15-6-3-10-21-19(15)18/h2-3,5-10,13H,4,11-12H2,1H3,(H,22,24). The van der Waals surface area contributed by atoms with E-state index in [1.807, 2.05) is 30.3 Å². The van der Waals surface area contributed by atoms with Crippen LogP contribution in [0.4, 0.5) is 5.69 Å². The van der Waals surface area contributed by atoms with E-state index in [2.05, 4.69) is 10.3 Å². The predicted octanol–water partition coefficient (Wildman–Crippen LogP) is 3.65. The molecule has 3 rings (SSSR count). The molecule has 1 aromatic heterocycles. The zero-order chi connectivity index (χ0) is 19.2. The van der Waals surface area contributed by atoms with E-state index in [-0.39, 0.29) is 11.6 Å². The molecule has 0 aliphatic rings. The van der Waals surface area contributed by atoms with Crippen LogP contribution in [0.5, 0.6) is 5.75 Å². The maximum absolute atomic E-state index is 12.2. The van der Waals surface area contributed by atoms with Crippen LogP contribution in [-0.2, 0) is 0 Å². The van der Waals surface area contributed by atoms with Crippen molar-refractivity contribution in [2.45, 2.75) is 13.3 Å². The number of nitro groups is 1. The highest BCUT2D eigenvalue weighted by Crippen LogP contribution is 2.23. The number of para-hydroxylation sites is 1. The zero-order valence-electron chi connectivity index (χ0n) is 14.8. The minimum atomic E-state index is -0.462. The van der Waals surface area contributed by atoms with Crippen molar-refractivity contribution in [3.63, 3.8) is 0 Å². The van der Waals surface area contributed by atoms with Crippen molar-refractivity contribution in [3.8, 4) is 5.75 Å². The summed E-state index contributed by atoms with van der Waals surface area (Å²) < 4.78 is 5.78. The number of aryl methyl sites for hydroxylation is 1. The Morgan fingerprint density at radius 2 is 2.04 bits per heavy atom. The molecule has 0 saturated carbocycles. The van der Waals surface area contributed by atoms with Crippen LogP contribution in [0.2, 0.25) is 0 Å². The van der Waals surface area contributed by atoms with Crippen molar-refractivity contribution in [3.05, 3.63) is 76.0 Å². The van der Waals surface area contributed by atoms with Crippen molar-refractivity contribution in [1.82, 2.24) is 10.3 Å². The van der Waals surface area contributed by atoms with Gasteiger partial charge in [0.15, 0.2) is 0 Å². The Morgan fingerprint density at radius 3 is 2.81 bits per heavy atom. The number of nitro benzene ring substituents is 1. The summed E-state index contributed by atoms with van der Waals surface area (Å²) in [6, 6.07) is 13.9. The Bertz CT molecular complexity index is 983. The molecule has 2 aromatic carbocycles. The second kappa shape index (κ2) is 8.27. The van der Waals surface area contributed by atoms with Gasteiger partial charge in [-0.15, -0.1) is 0 Å². The fourth-order valence-corrected chi connectivity index (χ4v) is 2.75. The lowest BCUT2D eigenvalue weighted by Crippen LogP contribution is -2.25. The zero-order valence-corrected chi connectivity index (χ0v) is 14.8. The van der Waals surface area contributed by atoms with E-state index in [0.717, 1.165) is 10.9 Å². The molecule has 1 heterocycles. The fraction of sp³-hybridized carbons (Fsp3) is 0.200. The first-order valence-corrected chi connectivity index (χ1v) is 8.56. The lowest BCUT2D eigenvalue weighted by atomic mass is 10.1. The average molecular weight is 365 g/mol. The second-order valence-corrected chi connectivity index (χ2v) is 6.05. The first-order valence-electron chi connectivity index (χ1n) is 8.56. The van der Waals surface area contributed by atoms with Gasteiger partial charge >= 0.3 is 0 Å². The molecule has 1 N–H and O–H groups in total. The summed E-state index contributed by atoms with van der Waals surface area (Å²) in [6.45, 7) is 2.49. The van der Waals surface area contributed by atoms with Gasteiger partial charge in [-0.2, -0.15) is 0 Å². The van der Waals surface area contributed by atoms with Crippen LogP contribution in [0.3, 0.4) is 0 Å². The number of benzene rings is 2. The average Bonchev–Trinajstić information content (AvgIpc) is 2.67. The quantitative estimate of drug-likeness (QED) is 0.392. The van der Waals surface area contributed by atoms with Gasteiger partial charge in [0.2, 0.25) is 0 Å². The number of ether oxygens (including phenoxy) is 1. The second-order valence-electron chi connectivity index (χ2n) is 6.05. The number of rotatable bonds is 7. The third-order valence-electron chi connectivity index (χ3n) is 4.12. The number of hydrogen-bond donors (Lipinski definition) is 1. The van der Waals surface area contributed by atoms with E-state index in [9.17, 15) is 14.9 Å². The lowest BCUT2D eigenvalue weighted by Gasteiger charge is -2.09. The number of fused-ring (bicyclic) bond motifs is 1. The third kappa shape index (κ3) is 4.38. The van der Waals surface area contributed by atoms with E-state index in [1.165, 1.54) is 18.2 Å². The molecule has 0 saturated heterocycles. The Hall–Kier alpha value is -3.48. The number of hydrogen-bond acceptors (Lipinski definition) is 5. The highest BCUT2D eigenvalue weighted by molar-refractivity contribution is 5.94. The number of pyridine rings is 1. The van der Waals surface area contributed by atoms with Crippen molar-refractivity contribution in [2.24, 2.45) is 0 Å². The highest BCUT2D eigenvalue weighted by atomic mass is 16.6. The van der Waals surface area contributed by atoms with E-state index >= 15 is 0 Å². The lowest BCUT2D eigenvalue weighted by molar-refractivity contribution is -0.385. The molecule has 0 spiro atoms. The molecule has 0 fully saturated rings. The van der Waals surface area contributed by atoms with Crippen LogP contribution < -0.4 is 10.1 Å². The Labute approximate surface area is 156 Å². The van der Waals surface area contributed by atoms with Crippen LogP contribution in [0, 0.1) is 17.0 Å². The van der Waals surface area contributed by atoms with Crippen LogP contribution >= 0.6 is 0 Å². The van der Waals surface area contributed by atoms with Crippen LogP contribution in [0.15, 0.2) is 54.7 Å². The summed E-state index contributed by atoms with van der Waals surface area (Å²) in [5.41, 5.74) is 1.67. The molecular weight excluding hydrogens is 346 g/mol. The van der Waals surface area contributed by atoms with E-state index in [1.54, 1.807) is 13.1 Å². The highest BCUT2D eigenvalue weighted by Gasteiger charge is 2.13. The molecule has 0 unspecified atom stereocenters. The molecule has 0 atom stereocenters. The Kier molecular flexibility index (Phi) is 5.61. The summed E-state index contributed by atoms with van der Waals surface area (Å²) in [5.74, 6) is 0.449. The summed E-state index contributed by atoms with van der Waals surface area (Å²) in [4.78, 5) is 26.9. The minimum absolute atomic E-state index is 0.00338. The molecule has 0 bridgehead atoms. The van der Waals surface area contributed by atoms with Gasteiger partial charge in [-0.25, -0.2) is 0 Å². The molecule has 1 amide bonds. The van der Waals surface area contributed by atoms with Gasteiger partial charge in [0, 0.05) is 35.3 Å². The number of nitrogens with zero attached hydrogens (tertiary/aromatic N) is 2. The topological polar surface area (TPSA) is 94.4 Å². The molecule has 7 nitrogen and oxygen atoms in total. The van der Waals surface area contributed by atoms with Gasteiger partial charge in [0.25, 0.3) is 11.6 Å². The van der Waals surface area contributed by atoms with Gasteiger partial charge in [-0.1, -0.05) is 18.2 Å². The van der Waals surface area contributed by atoms with Gasteiger partial charge in [-0.3, -0.25) is 19.9 Å². The summed E-state index contributed by atoms with van der Waals surface area (Å²) in [7, 11) is 0. The monoisotopic (exact) mass is 365 g/mol. The van der Waals surface area contributed by atoms with Crippen LogP contribution in [0.25, 0.3) is 10.9 Å². The molecule has 27 heavy (non-hydrogen) atoms. The van der Waals surface area contributed by atoms with Crippen molar-refractivity contribution in [2.75, 3.05) is 13.2 Å². The molecule has 0 aliphatic carbocycles. The minimum Gasteiger partial charge on any atom is -0.491 e. The fourth-order valence-electron chi connectivity index (χ4n) is 2.75. The SMILES string of the molecule is Cc1cc(C(=O)NCCCOc2cccc3cccnc23)ccc1[N+](=O)[O-]. The van der Waals surface area contributed by atoms with E-state index in [0.29, 0.717) is 36.4 Å². The first-order chi connectivity index (χ1) is 13.1. The molecule has 0 radical (unpaired) electrons. The van der Waals surface area contributed by atoms with Crippen LogP contribution in [-0.4, -0.2) is 29.0 Å². The van der Waals surface area contributed by atoms with Crippen LogP contribution in [0.1, 0.15) is 22.3 Å². The first kappa shape index (κ1) is 18.3. The van der Waals surface area contributed by atoms with Crippen molar-refractivity contribution >= 4 is 22.5 Å². The van der Waals surface area contributed by atoms with Gasteiger partial charge in [-0.05, 0) is 37.6 Å². The predicted molar refractivity (Wildman–Crippen MR) is 102 cm³/mol. The molecule has 0 aliphatic heterocycles.